The predicted molar refractivity (Wildman–Crippen MR) is 185 cm³/mol. The van der Waals surface area contributed by atoms with E-state index in [9.17, 15) is 17.8 Å². The van der Waals surface area contributed by atoms with E-state index >= 15 is 0 Å². The van der Waals surface area contributed by atoms with Gasteiger partial charge in [-0.15, -0.1) is 0 Å². The van der Waals surface area contributed by atoms with Crippen LogP contribution in [0.4, 0.5) is 0 Å². The molecule has 4 nitrogen and oxygen atoms in total. The summed E-state index contributed by atoms with van der Waals surface area (Å²) in [5.41, 5.74) is 0.102. The Morgan fingerprint density at radius 3 is 1.07 bits per heavy atom. The highest BCUT2D eigenvalue weighted by atomic mass is 32.2. The molecule has 0 atom stereocenters. The molecule has 0 fully saturated rings. The SMILES string of the molecule is CCCCCCCCCCCCCCCCCCCCCCCCCCCCCCCC(=O)c1ccccc1S(=O)(=O)O. The second kappa shape index (κ2) is 28.3. The summed E-state index contributed by atoms with van der Waals surface area (Å²) in [6.07, 6.45) is 39.8. The molecular weight excluding hydrogens is 552 g/mol. The number of hydrogen-bond acceptors (Lipinski definition) is 3. The number of hydrogen-bond donors (Lipinski definition) is 1. The van der Waals surface area contributed by atoms with Gasteiger partial charge in [-0.05, 0) is 12.5 Å². The summed E-state index contributed by atoms with van der Waals surface area (Å²) in [6, 6.07) is 5.91. The van der Waals surface area contributed by atoms with Crippen molar-refractivity contribution in [2.75, 3.05) is 0 Å². The van der Waals surface area contributed by atoms with Gasteiger partial charge >= 0.3 is 0 Å². The minimum atomic E-state index is -4.37. The first kappa shape index (κ1) is 39.8. The van der Waals surface area contributed by atoms with Gasteiger partial charge in [0.15, 0.2) is 5.78 Å². The van der Waals surface area contributed by atoms with E-state index in [4.69, 9.17) is 0 Å². The maximum atomic E-state index is 12.4. The molecule has 1 N–H and O–H groups in total. The Morgan fingerprint density at radius 1 is 0.488 bits per heavy atom. The molecule has 1 aromatic carbocycles. The van der Waals surface area contributed by atoms with Gasteiger partial charge in [-0.3, -0.25) is 9.35 Å². The molecule has 0 aromatic heterocycles. The van der Waals surface area contributed by atoms with Gasteiger partial charge in [-0.1, -0.05) is 205 Å². The number of rotatable bonds is 32. The molecule has 0 radical (unpaired) electrons. The molecule has 0 heterocycles. The standard InChI is InChI=1S/C38H68O4S/c1-2-3-4-5-6-7-8-9-10-11-12-13-14-15-16-17-18-19-20-21-22-23-24-25-26-27-28-29-30-34-37(39)36-33-31-32-35-38(36)43(40,41)42/h31-33,35H,2-30,34H2,1H3,(H,40,41,42). The molecular formula is C38H68O4S. The van der Waals surface area contributed by atoms with Gasteiger partial charge in [0, 0.05) is 12.0 Å². The molecule has 0 saturated carbocycles. The Labute approximate surface area is 267 Å². The summed E-state index contributed by atoms with van der Waals surface area (Å²) in [6.45, 7) is 2.29. The Hall–Kier alpha value is -1.20. The van der Waals surface area contributed by atoms with Crippen molar-refractivity contribution in [3.05, 3.63) is 29.8 Å². The van der Waals surface area contributed by atoms with Gasteiger partial charge in [-0.25, -0.2) is 0 Å². The molecule has 0 spiro atoms. The number of unbranched alkanes of at least 4 members (excludes halogenated alkanes) is 28. The van der Waals surface area contributed by atoms with Crippen molar-refractivity contribution >= 4 is 15.9 Å². The molecule has 250 valence electrons. The van der Waals surface area contributed by atoms with E-state index in [0.717, 1.165) is 19.3 Å². The highest BCUT2D eigenvalue weighted by molar-refractivity contribution is 7.86. The van der Waals surface area contributed by atoms with Crippen LogP contribution in [0.15, 0.2) is 29.2 Å². The van der Waals surface area contributed by atoms with Crippen LogP contribution >= 0.6 is 0 Å². The highest BCUT2D eigenvalue weighted by Crippen LogP contribution is 2.20. The van der Waals surface area contributed by atoms with E-state index in [-0.39, 0.29) is 16.2 Å². The first-order valence-electron chi connectivity index (χ1n) is 18.6. The van der Waals surface area contributed by atoms with Crippen LogP contribution in [0.1, 0.15) is 210 Å². The molecule has 1 aromatic rings. The molecule has 0 aliphatic carbocycles. The summed E-state index contributed by atoms with van der Waals surface area (Å²) in [7, 11) is -4.37. The molecule has 5 heteroatoms. The summed E-state index contributed by atoms with van der Waals surface area (Å²) in [5.74, 6) is -0.210. The smallest absolute Gasteiger partial charge is 0.294 e. The van der Waals surface area contributed by atoms with Crippen molar-refractivity contribution < 1.29 is 17.8 Å². The third-order valence-electron chi connectivity index (χ3n) is 8.97. The summed E-state index contributed by atoms with van der Waals surface area (Å²) in [5, 5.41) is 0. The van der Waals surface area contributed by atoms with Crippen LogP contribution in [0, 0.1) is 0 Å². The van der Waals surface area contributed by atoms with Crippen LogP contribution in [-0.4, -0.2) is 18.8 Å². The molecule has 43 heavy (non-hydrogen) atoms. The molecule has 1 rings (SSSR count). The Balaban J connectivity index is 1.76. The maximum Gasteiger partial charge on any atom is 0.295 e. The van der Waals surface area contributed by atoms with Crippen LogP contribution in [0.3, 0.4) is 0 Å². The van der Waals surface area contributed by atoms with Crippen LogP contribution in [-0.2, 0) is 10.1 Å². The van der Waals surface area contributed by atoms with E-state index < -0.39 is 10.1 Å². The van der Waals surface area contributed by atoms with Crippen molar-refractivity contribution in [2.24, 2.45) is 0 Å². The van der Waals surface area contributed by atoms with Crippen LogP contribution in [0.5, 0.6) is 0 Å². The predicted octanol–water partition coefficient (Wildman–Crippen LogP) is 12.8. The highest BCUT2D eigenvalue weighted by Gasteiger charge is 2.19. The van der Waals surface area contributed by atoms with E-state index in [1.807, 2.05) is 0 Å². The fourth-order valence-electron chi connectivity index (χ4n) is 6.19. The zero-order chi connectivity index (χ0) is 31.3. The van der Waals surface area contributed by atoms with Crippen molar-refractivity contribution in [1.29, 1.82) is 0 Å². The molecule has 0 saturated heterocycles. The second-order valence-corrected chi connectivity index (χ2v) is 14.4. The van der Waals surface area contributed by atoms with Crippen molar-refractivity contribution in [1.82, 2.24) is 0 Å². The average molecular weight is 621 g/mol. The third kappa shape index (κ3) is 23.8. The van der Waals surface area contributed by atoms with Crippen molar-refractivity contribution in [3.8, 4) is 0 Å². The minimum absolute atomic E-state index is 0.102. The lowest BCUT2D eigenvalue weighted by Crippen LogP contribution is -2.08. The van der Waals surface area contributed by atoms with Crippen molar-refractivity contribution in [2.45, 2.75) is 204 Å². The van der Waals surface area contributed by atoms with E-state index in [1.54, 1.807) is 6.07 Å². The Kier molecular flexibility index (Phi) is 26.2. The third-order valence-corrected chi connectivity index (χ3v) is 9.88. The zero-order valence-corrected chi connectivity index (χ0v) is 28.9. The van der Waals surface area contributed by atoms with E-state index in [0.29, 0.717) is 6.42 Å². The van der Waals surface area contributed by atoms with Crippen LogP contribution in [0.2, 0.25) is 0 Å². The van der Waals surface area contributed by atoms with Gasteiger partial charge in [0.1, 0.15) is 4.90 Å². The normalized spacial score (nSPS) is 11.8. The van der Waals surface area contributed by atoms with Crippen LogP contribution < -0.4 is 0 Å². The van der Waals surface area contributed by atoms with Gasteiger partial charge in [0.2, 0.25) is 0 Å². The fraction of sp³-hybridized carbons (Fsp3) is 0.816. The lowest BCUT2D eigenvalue weighted by Gasteiger charge is -2.06. The Morgan fingerprint density at radius 2 is 0.767 bits per heavy atom. The van der Waals surface area contributed by atoms with E-state index in [1.165, 1.54) is 185 Å². The number of benzene rings is 1. The molecule has 0 aliphatic heterocycles. The number of Topliss-reactive ketones (excluding diaryl/α,β-unsaturated/α-hetero) is 1. The summed E-state index contributed by atoms with van der Waals surface area (Å²) < 4.78 is 32.3. The fourth-order valence-corrected chi connectivity index (χ4v) is 6.90. The number of carbonyl (C=O) groups is 1. The monoisotopic (exact) mass is 620 g/mol. The quantitative estimate of drug-likeness (QED) is 0.0494. The van der Waals surface area contributed by atoms with Gasteiger partial charge < -0.3 is 0 Å². The average Bonchev–Trinajstić information content (AvgIpc) is 2.99. The minimum Gasteiger partial charge on any atom is -0.294 e. The summed E-state index contributed by atoms with van der Waals surface area (Å²) >= 11 is 0. The first-order valence-corrected chi connectivity index (χ1v) is 20.0. The second-order valence-electron chi connectivity index (χ2n) is 13.0. The summed E-state index contributed by atoms with van der Waals surface area (Å²) in [4.78, 5) is 12.1. The van der Waals surface area contributed by atoms with Crippen LogP contribution in [0.25, 0.3) is 0 Å². The zero-order valence-electron chi connectivity index (χ0n) is 28.1. The lowest BCUT2D eigenvalue weighted by molar-refractivity contribution is 0.0975. The van der Waals surface area contributed by atoms with E-state index in [2.05, 4.69) is 6.92 Å². The van der Waals surface area contributed by atoms with Gasteiger partial charge in [-0.2, -0.15) is 8.42 Å². The molecule has 0 amide bonds. The molecule has 0 aliphatic rings. The molecule has 0 unspecified atom stereocenters. The molecule has 0 bridgehead atoms. The van der Waals surface area contributed by atoms with Gasteiger partial charge in [0.05, 0.1) is 0 Å². The lowest BCUT2D eigenvalue weighted by atomic mass is 10.0. The maximum absolute atomic E-state index is 12.4. The number of carbonyl (C=O) groups excluding carboxylic acids is 1. The first-order chi connectivity index (χ1) is 21.0. The Bertz CT molecular complexity index is 880. The topological polar surface area (TPSA) is 71.4 Å². The van der Waals surface area contributed by atoms with Gasteiger partial charge in [0.25, 0.3) is 10.1 Å². The van der Waals surface area contributed by atoms with Crippen molar-refractivity contribution in [3.63, 3.8) is 0 Å². The largest absolute Gasteiger partial charge is 0.295 e. The number of ketones is 1.